The average Bonchev–Trinajstić information content (AvgIpc) is 2.89. The Balaban J connectivity index is 1.80. The van der Waals surface area contributed by atoms with Gasteiger partial charge in [-0.15, -0.1) is 0 Å². The maximum Gasteiger partial charge on any atom is 0.256 e. The number of imide groups is 1. The van der Waals surface area contributed by atoms with Gasteiger partial charge in [0.25, 0.3) is 5.91 Å². The summed E-state index contributed by atoms with van der Waals surface area (Å²) < 4.78 is 5.11. The first-order valence-corrected chi connectivity index (χ1v) is 7.99. The molecule has 0 bridgehead atoms. The van der Waals surface area contributed by atoms with E-state index in [9.17, 15) is 9.59 Å². The van der Waals surface area contributed by atoms with E-state index >= 15 is 0 Å². The van der Waals surface area contributed by atoms with Crippen LogP contribution in [0.5, 0.6) is 5.75 Å². The van der Waals surface area contributed by atoms with Gasteiger partial charge in [-0.25, -0.2) is 4.90 Å². The SMILES string of the molecule is CCc1ccccc1NC1CC(=O)N(c2ccc(OC)cc2)C1=O. The lowest BCUT2D eigenvalue weighted by Crippen LogP contribution is -2.34. The highest BCUT2D eigenvalue weighted by molar-refractivity contribution is 6.23. The largest absolute Gasteiger partial charge is 0.497 e. The number of carbonyl (C=O) groups is 2. The molecule has 24 heavy (non-hydrogen) atoms. The normalized spacial score (nSPS) is 17.2. The van der Waals surface area contributed by atoms with Gasteiger partial charge in [0, 0.05) is 5.69 Å². The Hall–Kier alpha value is -2.82. The molecule has 3 rings (SSSR count). The van der Waals surface area contributed by atoms with Gasteiger partial charge in [0.15, 0.2) is 0 Å². The molecule has 1 N–H and O–H groups in total. The first-order chi connectivity index (χ1) is 11.6. The average molecular weight is 324 g/mol. The monoisotopic (exact) mass is 324 g/mol. The Labute approximate surface area is 141 Å². The smallest absolute Gasteiger partial charge is 0.256 e. The fraction of sp³-hybridized carbons (Fsp3) is 0.263. The number of hydrogen-bond donors (Lipinski definition) is 1. The van der Waals surface area contributed by atoms with E-state index in [1.807, 2.05) is 24.3 Å². The minimum Gasteiger partial charge on any atom is -0.497 e. The second kappa shape index (κ2) is 6.74. The number of amides is 2. The van der Waals surface area contributed by atoms with Crippen LogP contribution in [-0.4, -0.2) is 25.0 Å². The minimum atomic E-state index is -0.535. The highest BCUT2D eigenvalue weighted by Gasteiger charge is 2.39. The van der Waals surface area contributed by atoms with Crippen LogP contribution in [0.3, 0.4) is 0 Å². The summed E-state index contributed by atoms with van der Waals surface area (Å²) in [6.07, 6.45) is 1.02. The van der Waals surface area contributed by atoms with E-state index in [-0.39, 0.29) is 18.2 Å². The third kappa shape index (κ3) is 2.97. The van der Waals surface area contributed by atoms with Crippen LogP contribution in [0.25, 0.3) is 0 Å². The molecule has 1 aliphatic heterocycles. The summed E-state index contributed by atoms with van der Waals surface area (Å²) in [7, 11) is 1.58. The summed E-state index contributed by atoms with van der Waals surface area (Å²) in [5.74, 6) is 0.261. The van der Waals surface area contributed by atoms with Crippen LogP contribution >= 0.6 is 0 Å². The van der Waals surface area contributed by atoms with Gasteiger partial charge in [-0.1, -0.05) is 25.1 Å². The van der Waals surface area contributed by atoms with Gasteiger partial charge < -0.3 is 10.1 Å². The van der Waals surface area contributed by atoms with Gasteiger partial charge >= 0.3 is 0 Å². The number of hydrogen-bond acceptors (Lipinski definition) is 4. The molecular weight excluding hydrogens is 304 g/mol. The van der Waals surface area contributed by atoms with Crippen molar-refractivity contribution in [2.45, 2.75) is 25.8 Å². The summed E-state index contributed by atoms with van der Waals surface area (Å²) in [6, 6.07) is 14.2. The number of rotatable bonds is 5. The first kappa shape index (κ1) is 16.1. The molecule has 1 unspecified atom stereocenters. The molecule has 1 saturated heterocycles. The number of benzene rings is 2. The predicted octanol–water partition coefficient (Wildman–Crippen LogP) is 3.00. The molecule has 2 aromatic rings. The molecule has 1 aliphatic rings. The van der Waals surface area contributed by atoms with Crippen molar-refractivity contribution in [1.82, 2.24) is 0 Å². The number of aryl methyl sites for hydroxylation is 1. The van der Waals surface area contributed by atoms with Gasteiger partial charge in [0.2, 0.25) is 5.91 Å². The van der Waals surface area contributed by atoms with Gasteiger partial charge in [0.05, 0.1) is 19.2 Å². The zero-order chi connectivity index (χ0) is 17.1. The Morgan fingerprint density at radius 2 is 1.83 bits per heavy atom. The maximum absolute atomic E-state index is 12.7. The standard InChI is InChI=1S/C19H20N2O3/c1-3-13-6-4-5-7-16(13)20-17-12-18(22)21(19(17)23)14-8-10-15(24-2)11-9-14/h4-11,17,20H,3,12H2,1-2H3. The summed E-state index contributed by atoms with van der Waals surface area (Å²) >= 11 is 0. The van der Waals surface area contributed by atoms with E-state index in [0.717, 1.165) is 17.7 Å². The van der Waals surface area contributed by atoms with Gasteiger partial charge in [-0.3, -0.25) is 9.59 Å². The molecule has 1 heterocycles. The van der Waals surface area contributed by atoms with Crippen molar-refractivity contribution in [3.05, 3.63) is 54.1 Å². The number of carbonyl (C=O) groups excluding carboxylic acids is 2. The number of para-hydroxylation sites is 1. The molecule has 1 fully saturated rings. The van der Waals surface area contributed by atoms with Crippen LogP contribution in [0.4, 0.5) is 11.4 Å². The fourth-order valence-electron chi connectivity index (χ4n) is 2.90. The van der Waals surface area contributed by atoms with E-state index in [0.29, 0.717) is 11.4 Å². The molecule has 0 spiro atoms. The number of nitrogens with zero attached hydrogens (tertiary/aromatic N) is 1. The van der Waals surface area contributed by atoms with Crippen LogP contribution < -0.4 is 15.0 Å². The molecule has 5 heteroatoms. The van der Waals surface area contributed by atoms with Crippen molar-refractivity contribution in [2.24, 2.45) is 0 Å². The van der Waals surface area contributed by atoms with E-state index in [2.05, 4.69) is 12.2 Å². The van der Waals surface area contributed by atoms with Crippen LogP contribution in [0.15, 0.2) is 48.5 Å². The van der Waals surface area contributed by atoms with Gasteiger partial charge in [0.1, 0.15) is 11.8 Å². The van der Waals surface area contributed by atoms with Crippen LogP contribution in [0, 0.1) is 0 Å². The molecule has 124 valence electrons. The van der Waals surface area contributed by atoms with E-state index < -0.39 is 6.04 Å². The minimum absolute atomic E-state index is 0.156. The van der Waals surface area contributed by atoms with Crippen molar-refractivity contribution < 1.29 is 14.3 Å². The molecule has 0 radical (unpaired) electrons. The molecule has 1 atom stereocenters. The van der Waals surface area contributed by atoms with Crippen LogP contribution in [-0.2, 0) is 16.0 Å². The number of nitrogens with one attached hydrogen (secondary N) is 1. The summed E-state index contributed by atoms with van der Waals surface area (Å²) in [5, 5.41) is 3.23. The number of methoxy groups -OCH3 is 1. The molecule has 2 amide bonds. The van der Waals surface area contributed by atoms with E-state index in [4.69, 9.17) is 4.74 Å². The zero-order valence-electron chi connectivity index (χ0n) is 13.8. The second-order valence-corrected chi connectivity index (χ2v) is 5.68. The lowest BCUT2D eigenvalue weighted by Gasteiger charge is -2.17. The molecule has 0 saturated carbocycles. The van der Waals surface area contributed by atoms with Crippen LogP contribution in [0.2, 0.25) is 0 Å². The number of anilines is 2. The Bertz CT molecular complexity index is 755. The van der Waals surface area contributed by atoms with Crippen molar-refractivity contribution in [1.29, 1.82) is 0 Å². The van der Waals surface area contributed by atoms with Gasteiger partial charge in [-0.2, -0.15) is 0 Å². The van der Waals surface area contributed by atoms with Crippen molar-refractivity contribution >= 4 is 23.2 Å². The molecular formula is C19H20N2O3. The lowest BCUT2D eigenvalue weighted by molar-refractivity contribution is -0.121. The van der Waals surface area contributed by atoms with Crippen molar-refractivity contribution in [3.63, 3.8) is 0 Å². The zero-order valence-corrected chi connectivity index (χ0v) is 13.8. The first-order valence-electron chi connectivity index (χ1n) is 7.99. The predicted molar refractivity (Wildman–Crippen MR) is 93.3 cm³/mol. The lowest BCUT2D eigenvalue weighted by atomic mass is 10.1. The summed E-state index contributed by atoms with van der Waals surface area (Å²) in [5.41, 5.74) is 2.60. The van der Waals surface area contributed by atoms with Gasteiger partial charge in [-0.05, 0) is 42.3 Å². The van der Waals surface area contributed by atoms with E-state index in [1.54, 1.807) is 31.4 Å². The van der Waals surface area contributed by atoms with Crippen LogP contribution in [0.1, 0.15) is 18.9 Å². The number of ether oxygens (including phenoxy) is 1. The highest BCUT2D eigenvalue weighted by atomic mass is 16.5. The Kier molecular flexibility index (Phi) is 4.51. The topological polar surface area (TPSA) is 58.6 Å². The van der Waals surface area contributed by atoms with E-state index in [1.165, 1.54) is 4.90 Å². The molecule has 0 aliphatic carbocycles. The summed E-state index contributed by atoms with van der Waals surface area (Å²) in [6.45, 7) is 2.06. The molecule has 2 aromatic carbocycles. The Morgan fingerprint density at radius 1 is 1.12 bits per heavy atom. The van der Waals surface area contributed by atoms with Crippen molar-refractivity contribution in [3.8, 4) is 5.75 Å². The third-order valence-corrected chi connectivity index (χ3v) is 4.21. The fourth-order valence-corrected chi connectivity index (χ4v) is 2.90. The van der Waals surface area contributed by atoms with Crippen molar-refractivity contribution in [2.75, 3.05) is 17.3 Å². The Morgan fingerprint density at radius 3 is 2.50 bits per heavy atom. The quantitative estimate of drug-likeness (QED) is 0.859. The molecule has 0 aromatic heterocycles. The molecule has 5 nitrogen and oxygen atoms in total. The maximum atomic E-state index is 12.7. The third-order valence-electron chi connectivity index (χ3n) is 4.21. The second-order valence-electron chi connectivity index (χ2n) is 5.68. The highest BCUT2D eigenvalue weighted by Crippen LogP contribution is 2.27. The summed E-state index contributed by atoms with van der Waals surface area (Å²) in [4.78, 5) is 26.3.